The van der Waals surface area contributed by atoms with Crippen LogP contribution >= 0.6 is 0 Å². The molecule has 1 aromatic heterocycles. The van der Waals surface area contributed by atoms with Crippen molar-refractivity contribution in [1.82, 2.24) is 10.3 Å². The lowest BCUT2D eigenvalue weighted by atomic mass is 10.2. The summed E-state index contributed by atoms with van der Waals surface area (Å²) in [7, 11) is 0. The minimum atomic E-state index is -0.981. The summed E-state index contributed by atoms with van der Waals surface area (Å²) in [6, 6.07) is 4.19. The summed E-state index contributed by atoms with van der Waals surface area (Å²) in [5.74, 6) is -1.62. The lowest BCUT2D eigenvalue weighted by molar-refractivity contribution is -0.109. The van der Waals surface area contributed by atoms with Gasteiger partial charge in [0.1, 0.15) is 23.7 Å². The van der Waals surface area contributed by atoms with Gasteiger partial charge in [-0.25, -0.2) is 13.6 Å². The van der Waals surface area contributed by atoms with Gasteiger partial charge in [0.2, 0.25) is 0 Å². The maximum atomic E-state index is 14.3. The molecular weight excluding hydrogens is 370 g/mol. The average molecular weight is 392 g/mol. The van der Waals surface area contributed by atoms with Gasteiger partial charge in [-0.3, -0.25) is 4.98 Å². The van der Waals surface area contributed by atoms with Crippen LogP contribution in [-0.2, 0) is 9.53 Å². The van der Waals surface area contributed by atoms with E-state index in [1.54, 1.807) is 39.1 Å². The van der Waals surface area contributed by atoms with Crippen molar-refractivity contribution in [2.24, 2.45) is 0 Å². The monoisotopic (exact) mass is 392 g/mol. The van der Waals surface area contributed by atoms with Crippen LogP contribution in [0.15, 0.2) is 36.7 Å². The molecule has 150 valence electrons. The van der Waals surface area contributed by atoms with Crippen molar-refractivity contribution in [3.8, 4) is 0 Å². The highest BCUT2D eigenvalue weighted by molar-refractivity contribution is 5.77. The molecule has 0 fully saturated rings. The zero-order valence-corrected chi connectivity index (χ0v) is 15.8. The molecule has 1 aromatic carbocycles. The second-order valence-corrected chi connectivity index (χ2v) is 6.95. The van der Waals surface area contributed by atoms with Crippen molar-refractivity contribution in [2.45, 2.75) is 32.4 Å². The van der Waals surface area contributed by atoms with Gasteiger partial charge in [-0.15, -0.1) is 0 Å². The number of nitrogens with one attached hydrogen (secondary N) is 3. The molecular formula is C19H22F2N4O3. The number of halogens is 2. The Hall–Kier alpha value is -3.23. The van der Waals surface area contributed by atoms with E-state index in [1.807, 2.05) is 0 Å². The number of pyridine rings is 1. The van der Waals surface area contributed by atoms with Crippen molar-refractivity contribution >= 4 is 29.4 Å². The van der Waals surface area contributed by atoms with Gasteiger partial charge in [0.25, 0.3) is 0 Å². The highest BCUT2D eigenvalue weighted by Gasteiger charge is 2.20. The number of rotatable bonds is 7. The minimum Gasteiger partial charge on any atom is -0.444 e. The number of carbonyl (C=O) groups is 2. The zero-order valence-electron chi connectivity index (χ0n) is 15.8. The molecule has 1 unspecified atom stereocenters. The van der Waals surface area contributed by atoms with Crippen LogP contribution in [0.2, 0.25) is 0 Å². The van der Waals surface area contributed by atoms with Crippen molar-refractivity contribution in [3.63, 3.8) is 0 Å². The molecule has 0 saturated heterocycles. The molecule has 1 heterocycles. The quantitative estimate of drug-likeness (QED) is 0.624. The third-order valence-corrected chi connectivity index (χ3v) is 3.36. The number of ether oxygens (including phenoxy) is 1. The van der Waals surface area contributed by atoms with Crippen LogP contribution in [0.3, 0.4) is 0 Å². The standard InChI is InChI=1S/C19H22F2N4O3/c1-19(2,3)28-18(27)25-14(11-26)10-23-17-15(21)7-12(20)8-16(17)24-13-5-4-6-22-9-13/h4-9,11,14,23-24H,10H2,1-3H3,(H,25,27). The van der Waals surface area contributed by atoms with Gasteiger partial charge in [-0.1, -0.05) is 0 Å². The van der Waals surface area contributed by atoms with E-state index in [0.717, 1.165) is 6.07 Å². The SMILES string of the molecule is CC(C)(C)OC(=O)NC(C=O)CNc1c(F)cc(F)cc1Nc1cccnc1. The number of aldehydes is 1. The fourth-order valence-corrected chi connectivity index (χ4v) is 2.25. The number of aromatic nitrogens is 1. The van der Waals surface area contributed by atoms with E-state index in [0.29, 0.717) is 18.0 Å². The van der Waals surface area contributed by atoms with Crippen LogP contribution in [-0.4, -0.2) is 35.6 Å². The average Bonchev–Trinajstić information content (AvgIpc) is 2.59. The van der Waals surface area contributed by atoms with Crippen LogP contribution in [0, 0.1) is 11.6 Å². The van der Waals surface area contributed by atoms with Crippen molar-refractivity contribution in [1.29, 1.82) is 0 Å². The summed E-state index contributed by atoms with van der Waals surface area (Å²) < 4.78 is 33.0. The minimum absolute atomic E-state index is 0.0527. The molecule has 7 nitrogen and oxygen atoms in total. The Morgan fingerprint density at radius 3 is 2.68 bits per heavy atom. The first-order valence-electron chi connectivity index (χ1n) is 8.52. The van der Waals surface area contributed by atoms with Crippen molar-refractivity contribution < 1.29 is 23.1 Å². The predicted octanol–water partition coefficient (Wildman–Crippen LogP) is 3.61. The summed E-state index contributed by atoms with van der Waals surface area (Å²) >= 11 is 0. The van der Waals surface area contributed by atoms with Crippen molar-refractivity contribution in [3.05, 3.63) is 48.3 Å². The van der Waals surface area contributed by atoms with Crippen molar-refractivity contribution in [2.75, 3.05) is 17.2 Å². The van der Waals surface area contributed by atoms with Gasteiger partial charge in [-0.2, -0.15) is 0 Å². The smallest absolute Gasteiger partial charge is 0.408 e. The Labute approximate surface area is 161 Å². The summed E-state index contributed by atoms with van der Waals surface area (Å²) in [5.41, 5.74) is -0.140. The molecule has 2 rings (SSSR count). The molecule has 9 heteroatoms. The Morgan fingerprint density at radius 2 is 2.07 bits per heavy atom. The normalized spacial score (nSPS) is 12.0. The lowest BCUT2D eigenvalue weighted by Crippen LogP contribution is -2.43. The fraction of sp³-hybridized carbons (Fsp3) is 0.316. The number of nitrogens with zero attached hydrogens (tertiary/aromatic N) is 1. The Balaban J connectivity index is 2.11. The second-order valence-electron chi connectivity index (χ2n) is 6.95. The molecule has 0 bridgehead atoms. The van der Waals surface area contributed by atoms with Gasteiger partial charge in [-0.05, 0) is 39.0 Å². The Bertz CT molecular complexity index is 826. The first-order chi connectivity index (χ1) is 13.2. The topological polar surface area (TPSA) is 92.3 Å². The van der Waals surface area contributed by atoms with Crippen LogP contribution in [0.25, 0.3) is 0 Å². The molecule has 0 saturated carbocycles. The molecule has 28 heavy (non-hydrogen) atoms. The summed E-state index contributed by atoms with van der Waals surface area (Å²) in [6.45, 7) is 4.92. The zero-order chi connectivity index (χ0) is 20.7. The van der Waals surface area contributed by atoms with Crippen LogP contribution in [0.4, 0.5) is 30.6 Å². The van der Waals surface area contributed by atoms with E-state index >= 15 is 0 Å². The number of hydrogen-bond acceptors (Lipinski definition) is 6. The highest BCUT2D eigenvalue weighted by atomic mass is 19.1. The summed E-state index contributed by atoms with van der Waals surface area (Å²) in [5, 5.41) is 7.96. The number of carbonyl (C=O) groups excluding carboxylic acids is 2. The molecule has 0 spiro atoms. The summed E-state index contributed by atoms with van der Waals surface area (Å²) in [6.07, 6.45) is 2.77. The number of amides is 1. The maximum absolute atomic E-state index is 14.3. The number of hydrogen-bond donors (Lipinski definition) is 3. The first kappa shape index (κ1) is 21.1. The number of benzene rings is 1. The Kier molecular flexibility index (Phi) is 6.86. The highest BCUT2D eigenvalue weighted by Crippen LogP contribution is 2.29. The van der Waals surface area contributed by atoms with Gasteiger partial charge in [0.05, 0.1) is 23.3 Å². The lowest BCUT2D eigenvalue weighted by Gasteiger charge is -2.22. The van der Waals surface area contributed by atoms with E-state index in [9.17, 15) is 18.4 Å². The molecule has 1 atom stereocenters. The van der Waals surface area contributed by atoms with E-state index in [-0.39, 0.29) is 17.9 Å². The molecule has 1 amide bonds. The fourth-order valence-electron chi connectivity index (χ4n) is 2.25. The van der Waals surface area contributed by atoms with Gasteiger partial charge in [0.15, 0.2) is 5.82 Å². The van der Waals surface area contributed by atoms with E-state index < -0.39 is 29.4 Å². The molecule has 0 aliphatic heterocycles. The first-order valence-corrected chi connectivity index (χ1v) is 8.52. The van der Waals surface area contributed by atoms with Gasteiger partial charge >= 0.3 is 6.09 Å². The van der Waals surface area contributed by atoms with Gasteiger partial charge in [0, 0.05) is 18.8 Å². The molecule has 2 aromatic rings. The van der Waals surface area contributed by atoms with Crippen LogP contribution < -0.4 is 16.0 Å². The number of anilines is 3. The van der Waals surface area contributed by atoms with Crippen LogP contribution in [0.1, 0.15) is 20.8 Å². The van der Waals surface area contributed by atoms with Crippen LogP contribution in [0.5, 0.6) is 0 Å². The third kappa shape index (κ3) is 6.49. The molecule has 0 radical (unpaired) electrons. The van der Waals surface area contributed by atoms with Gasteiger partial charge < -0.3 is 25.5 Å². The third-order valence-electron chi connectivity index (χ3n) is 3.36. The largest absolute Gasteiger partial charge is 0.444 e. The summed E-state index contributed by atoms with van der Waals surface area (Å²) in [4.78, 5) is 27.0. The molecule has 0 aliphatic rings. The molecule has 0 aliphatic carbocycles. The number of alkyl carbamates (subject to hydrolysis) is 1. The molecule has 3 N–H and O–H groups in total. The predicted molar refractivity (Wildman–Crippen MR) is 102 cm³/mol. The second kappa shape index (κ2) is 9.12. The maximum Gasteiger partial charge on any atom is 0.408 e. The Morgan fingerprint density at radius 1 is 1.32 bits per heavy atom. The van der Waals surface area contributed by atoms with E-state index in [4.69, 9.17) is 4.74 Å². The van der Waals surface area contributed by atoms with E-state index in [1.165, 1.54) is 6.20 Å². The van der Waals surface area contributed by atoms with E-state index in [2.05, 4.69) is 20.9 Å².